The van der Waals surface area contributed by atoms with Crippen LogP contribution in [-0.2, 0) is 19.1 Å². The summed E-state index contributed by atoms with van der Waals surface area (Å²) in [6.45, 7) is 10.7. The molecule has 0 spiro atoms. The fraction of sp³-hybridized carbons (Fsp3) is 0.592. The fourth-order valence-corrected chi connectivity index (χ4v) is 6.86. The van der Waals surface area contributed by atoms with Gasteiger partial charge >= 0.3 is 11.9 Å². The van der Waals surface area contributed by atoms with E-state index in [1.54, 1.807) is 47.0 Å². The summed E-state index contributed by atoms with van der Waals surface area (Å²) in [6, 6.07) is 0. The van der Waals surface area contributed by atoms with E-state index in [-0.39, 0.29) is 24.9 Å². The van der Waals surface area contributed by atoms with Gasteiger partial charge in [0.05, 0.1) is 49.1 Å². The Bertz CT molecular complexity index is 1500. The fourth-order valence-electron chi connectivity index (χ4n) is 6.86. The van der Waals surface area contributed by atoms with Crippen molar-refractivity contribution in [3.8, 4) is 0 Å². The lowest BCUT2D eigenvalue weighted by molar-refractivity contribution is -0.159. The van der Waals surface area contributed by atoms with Crippen molar-refractivity contribution < 1.29 is 54.8 Å². The second-order valence-corrected chi connectivity index (χ2v) is 16.4. The number of hydrogen-bond acceptors (Lipinski definition) is 10. The summed E-state index contributed by atoms with van der Waals surface area (Å²) in [5, 5.41) is 74.2. The standard InChI is InChI=1S/C49H76O11/c1-34(22-17-13-11-9-8-10-12-14-19-24-40(50)30-35(2)28-29-46(54)55)31-43(52)37(4)45-32-41(51)25-21-27-42(59-7)26-20-16-15-18-23-36(3)48(57)39(6)49(58)38(5)44(53)33-47(56)60-45/h8-20,22,30-31,36-45,48-53,57-58H,21,23-29,32-33H2,1-7H3,(H,54,55)/b9-8+,12-10+,13-11+,18-15-,19-14+,20-16-,22-17+,34-31+,35-30+/t36-,37+,38-,39+,40-,41-,42-,43+,44+,45+,48+,49+/m0/s1. The van der Waals surface area contributed by atoms with Crippen LogP contribution in [0.2, 0.25) is 0 Å². The van der Waals surface area contributed by atoms with Gasteiger partial charge in [0.1, 0.15) is 6.10 Å². The quantitative estimate of drug-likeness (QED) is 0.0493. The van der Waals surface area contributed by atoms with Crippen molar-refractivity contribution in [3.63, 3.8) is 0 Å². The highest BCUT2D eigenvalue weighted by Gasteiger charge is 2.35. The number of carboxylic acid groups (broad SMARTS) is 1. The summed E-state index contributed by atoms with van der Waals surface area (Å²) in [7, 11) is 1.66. The molecule has 0 saturated heterocycles. The van der Waals surface area contributed by atoms with Crippen molar-refractivity contribution >= 4 is 11.9 Å². The summed E-state index contributed by atoms with van der Waals surface area (Å²) in [6.07, 6.45) is 26.7. The number of esters is 1. The lowest BCUT2D eigenvalue weighted by Crippen LogP contribution is -2.42. The molecule has 11 heteroatoms. The Balaban J connectivity index is 2.98. The molecule has 0 unspecified atom stereocenters. The third-order valence-corrected chi connectivity index (χ3v) is 11.1. The number of hydrogen-bond donors (Lipinski definition) is 7. The van der Waals surface area contributed by atoms with Crippen LogP contribution in [0.3, 0.4) is 0 Å². The van der Waals surface area contributed by atoms with E-state index in [1.807, 2.05) is 98.9 Å². The molecule has 0 amide bonds. The summed E-state index contributed by atoms with van der Waals surface area (Å²) < 4.78 is 11.5. The van der Waals surface area contributed by atoms with Gasteiger partial charge in [-0.05, 0) is 64.7 Å². The molecule has 1 rings (SSSR count). The van der Waals surface area contributed by atoms with Crippen molar-refractivity contribution in [3.05, 3.63) is 108 Å². The number of rotatable bonds is 15. The zero-order chi connectivity index (χ0) is 45.0. The molecule has 0 aromatic heterocycles. The molecule has 1 aliphatic heterocycles. The maximum absolute atomic E-state index is 13.3. The van der Waals surface area contributed by atoms with Crippen LogP contribution in [0.5, 0.6) is 0 Å². The topological polar surface area (TPSA) is 194 Å². The molecule has 11 nitrogen and oxygen atoms in total. The van der Waals surface area contributed by atoms with E-state index in [0.717, 1.165) is 17.6 Å². The van der Waals surface area contributed by atoms with Gasteiger partial charge < -0.3 is 45.2 Å². The molecule has 338 valence electrons. The third-order valence-electron chi connectivity index (χ3n) is 11.1. The van der Waals surface area contributed by atoms with Crippen molar-refractivity contribution in [2.75, 3.05) is 7.11 Å². The van der Waals surface area contributed by atoms with Crippen LogP contribution < -0.4 is 0 Å². The number of aliphatic hydroxyl groups is 6. The van der Waals surface area contributed by atoms with Crippen molar-refractivity contribution in [2.24, 2.45) is 23.7 Å². The van der Waals surface area contributed by atoms with Crippen LogP contribution >= 0.6 is 0 Å². The highest BCUT2D eigenvalue weighted by Crippen LogP contribution is 2.28. The van der Waals surface area contributed by atoms with E-state index in [2.05, 4.69) is 0 Å². The van der Waals surface area contributed by atoms with E-state index >= 15 is 0 Å². The van der Waals surface area contributed by atoms with Crippen molar-refractivity contribution in [1.29, 1.82) is 0 Å². The van der Waals surface area contributed by atoms with Crippen LogP contribution in [-0.4, -0.2) is 104 Å². The van der Waals surface area contributed by atoms with E-state index in [9.17, 15) is 40.2 Å². The van der Waals surface area contributed by atoms with Crippen LogP contribution in [0.4, 0.5) is 0 Å². The average molecular weight is 841 g/mol. The predicted octanol–water partition coefficient (Wildman–Crippen LogP) is 7.41. The minimum atomic E-state index is -1.25. The predicted molar refractivity (Wildman–Crippen MR) is 239 cm³/mol. The zero-order valence-corrected chi connectivity index (χ0v) is 37.0. The highest BCUT2D eigenvalue weighted by molar-refractivity contribution is 5.70. The van der Waals surface area contributed by atoms with Crippen molar-refractivity contribution in [1.82, 2.24) is 0 Å². The lowest BCUT2D eigenvalue weighted by atomic mass is 9.81. The largest absolute Gasteiger partial charge is 0.481 e. The average Bonchev–Trinajstić information content (AvgIpc) is 3.20. The molecule has 0 radical (unpaired) electrons. The van der Waals surface area contributed by atoms with Gasteiger partial charge in [0, 0.05) is 37.7 Å². The van der Waals surface area contributed by atoms with E-state index in [4.69, 9.17) is 14.6 Å². The van der Waals surface area contributed by atoms with Gasteiger partial charge in [0.15, 0.2) is 0 Å². The number of aliphatic carboxylic acids is 1. The van der Waals surface area contributed by atoms with Gasteiger partial charge in [-0.3, -0.25) is 9.59 Å². The minimum absolute atomic E-state index is 0.0389. The van der Waals surface area contributed by atoms with Gasteiger partial charge in [-0.2, -0.15) is 0 Å². The summed E-state index contributed by atoms with van der Waals surface area (Å²) >= 11 is 0. The molecule has 0 aromatic rings. The third kappa shape index (κ3) is 23.9. The molecule has 0 saturated carbocycles. The van der Waals surface area contributed by atoms with Crippen LogP contribution in [0.1, 0.15) is 106 Å². The number of carboxylic acids is 1. The van der Waals surface area contributed by atoms with Gasteiger partial charge in [-0.1, -0.05) is 136 Å². The van der Waals surface area contributed by atoms with Gasteiger partial charge in [-0.25, -0.2) is 0 Å². The van der Waals surface area contributed by atoms with Crippen LogP contribution in [0.15, 0.2) is 108 Å². The number of allylic oxidation sites excluding steroid dienone is 14. The van der Waals surface area contributed by atoms with Gasteiger partial charge in [0.25, 0.3) is 0 Å². The van der Waals surface area contributed by atoms with Gasteiger partial charge in [-0.15, -0.1) is 0 Å². The first-order chi connectivity index (χ1) is 28.5. The summed E-state index contributed by atoms with van der Waals surface area (Å²) in [5.74, 6) is -3.64. The van der Waals surface area contributed by atoms with Crippen LogP contribution in [0.25, 0.3) is 0 Å². The summed E-state index contributed by atoms with van der Waals surface area (Å²) in [4.78, 5) is 23.9. The Morgan fingerprint density at radius 1 is 0.850 bits per heavy atom. The second kappa shape index (κ2) is 31.2. The van der Waals surface area contributed by atoms with E-state index in [1.165, 1.54) is 0 Å². The molecular formula is C49H76O11. The van der Waals surface area contributed by atoms with Gasteiger partial charge in [0.2, 0.25) is 0 Å². The SMILES string of the molecule is CO[C@H]1C/C=C\C=C/C[C@H](C)[C@@H](O)[C@@H](C)[C@H](O)[C@@H](C)[C@H](O)CC(=O)O[C@@H]([C@H](C)[C@H](O)/C=C(C)/C=C/C=C/C=C/C=C/C=C/C[C@H](O)/C=C(\C)CCC(=O)O)C[C@@H](O)CCC1. The molecule has 7 N–H and O–H groups in total. The number of ether oxygens (including phenoxy) is 2. The Kier molecular flexibility index (Phi) is 28.3. The maximum Gasteiger partial charge on any atom is 0.308 e. The number of carbonyl (C=O) groups excluding carboxylic acids is 1. The maximum atomic E-state index is 13.3. The summed E-state index contributed by atoms with van der Waals surface area (Å²) in [5.41, 5.74) is 1.61. The molecule has 0 aromatic carbocycles. The minimum Gasteiger partial charge on any atom is -0.481 e. The first-order valence-corrected chi connectivity index (χ1v) is 21.5. The number of cyclic esters (lactones) is 1. The first kappa shape index (κ1) is 54.3. The Morgan fingerprint density at radius 3 is 2.10 bits per heavy atom. The highest BCUT2D eigenvalue weighted by atomic mass is 16.5. The molecule has 1 heterocycles. The molecule has 60 heavy (non-hydrogen) atoms. The van der Waals surface area contributed by atoms with E-state index in [0.29, 0.717) is 38.5 Å². The molecule has 0 fully saturated rings. The molecule has 0 bridgehead atoms. The normalized spacial score (nSPS) is 30.9. The molecule has 12 atom stereocenters. The second-order valence-electron chi connectivity index (χ2n) is 16.4. The smallest absolute Gasteiger partial charge is 0.308 e. The number of aliphatic hydroxyl groups excluding tert-OH is 6. The van der Waals surface area contributed by atoms with E-state index < -0.39 is 78.8 Å². The zero-order valence-electron chi connectivity index (χ0n) is 37.0. The molecule has 1 aliphatic rings. The van der Waals surface area contributed by atoms with Crippen LogP contribution in [0, 0.1) is 23.7 Å². The number of carbonyl (C=O) groups is 2. The van der Waals surface area contributed by atoms with Crippen molar-refractivity contribution in [2.45, 2.75) is 155 Å². The Hall–Kier alpha value is -3.68. The Labute approximate surface area is 359 Å². The molecular weight excluding hydrogens is 765 g/mol. The first-order valence-electron chi connectivity index (χ1n) is 21.5. The Morgan fingerprint density at radius 2 is 1.47 bits per heavy atom. The molecule has 0 aliphatic carbocycles. The monoisotopic (exact) mass is 841 g/mol. The lowest BCUT2D eigenvalue weighted by Gasteiger charge is -2.33. The number of methoxy groups -OCH3 is 1.